The molecule has 0 radical (unpaired) electrons. The minimum atomic E-state index is -0.477. The van der Waals surface area contributed by atoms with Gasteiger partial charge in [-0.3, -0.25) is 4.79 Å². The Morgan fingerprint density at radius 3 is 2.52 bits per heavy atom. The van der Waals surface area contributed by atoms with E-state index < -0.39 is 5.82 Å². The Kier molecular flexibility index (Phi) is 5.15. The second-order valence-electron chi connectivity index (χ2n) is 4.45. The second-order valence-corrected chi connectivity index (χ2v) is 5.78. The molecule has 0 fully saturated rings. The molecule has 5 heteroatoms. The number of rotatable bonds is 4. The van der Waals surface area contributed by atoms with Crippen LogP contribution in [0.5, 0.6) is 0 Å². The topological polar surface area (TPSA) is 29.1 Å². The number of carbonyl (C=O) groups excluding carboxylic acids is 1. The van der Waals surface area contributed by atoms with E-state index in [-0.39, 0.29) is 10.8 Å². The maximum Gasteiger partial charge on any atom is 0.187 e. The minimum absolute atomic E-state index is 0.0343. The SMILES string of the molecule is C/C(=C\C(=O)c1ccc(Br)cc1)Nc1ccc(F)c(Cl)c1. The molecule has 0 bridgehead atoms. The van der Waals surface area contributed by atoms with Crippen molar-refractivity contribution in [1.29, 1.82) is 0 Å². The van der Waals surface area contributed by atoms with Crippen molar-refractivity contribution in [3.8, 4) is 0 Å². The molecule has 0 aliphatic heterocycles. The molecule has 2 aromatic carbocycles. The molecule has 0 atom stereocenters. The van der Waals surface area contributed by atoms with Crippen LogP contribution in [-0.4, -0.2) is 5.78 Å². The molecule has 0 unspecified atom stereocenters. The highest BCUT2D eigenvalue weighted by atomic mass is 79.9. The van der Waals surface area contributed by atoms with Gasteiger partial charge >= 0.3 is 0 Å². The molecule has 2 aromatic rings. The standard InChI is InChI=1S/C16H12BrClFNO/c1-10(20-13-6-7-15(19)14(18)9-13)8-16(21)11-2-4-12(17)5-3-11/h2-9,20H,1H3/b10-8+. The smallest absolute Gasteiger partial charge is 0.187 e. The van der Waals surface area contributed by atoms with E-state index in [1.54, 1.807) is 25.1 Å². The summed E-state index contributed by atoms with van der Waals surface area (Å²) >= 11 is 9.03. The minimum Gasteiger partial charge on any atom is -0.359 e. The third-order valence-electron chi connectivity index (χ3n) is 2.74. The Morgan fingerprint density at radius 2 is 1.90 bits per heavy atom. The Morgan fingerprint density at radius 1 is 1.24 bits per heavy atom. The number of hydrogen-bond acceptors (Lipinski definition) is 2. The van der Waals surface area contributed by atoms with Crippen LogP contribution in [0.1, 0.15) is 17.3 Å². The molecule has 0 amide bonds. The molecule has 108 valence electrons. The molecule has 0 aliphatic carbocycles. The van der Waals surface area contributed by atoms with Gasteiger partial charge in [-0.15, -0.1) is 0 Å². The summed E-state index contributed by atoms with van der Waals surface area (Å²) in [6, 6.07) is 11.4. The Balaban J connectivity index is 2.11. The van der Waals surface area contributed by atoms with Gasteiger partial charge in [0.15, 0.2) is 5.78 Å². The largest absolute Gasteiger partial charge is 0.359 e. The van der Waals surface area contributed by atoms with Gasteiger partial charge in [0.05, 0.1) is 5.02 Å². The summed E-state index contributed by atoms with van der Waals surface area (Å²) in [5.74, 6) is -0.588. The third-order valence-corrected chi connectivity index (χ3v) is 3.56. The summed E-state index contributed by atoms with van der Waals surface area (Å²) in [5, 5.41) is 3.04. The number of allylic oxidation sites excluding steroid dienone is 2. The van der Waals surface area contributed by atoms with E-state index >= 15 is 0 Å². The van der Waals surface area contributed by atoms with E-state index in [0.29, 0.717) is 16.9 Å². The van der Waals surface area contributed by atoms with Crippen molar-refractivity contribution in [3.63, 3.8) is 0 Å². The predicted molar refractivity (Wildman–Crippen MR) is 87.3 cm³/mol. The summed E-state index contributed by atoms with van der Waals surface area (Å²) < 4.78 is 14.0. The quantitative estimate of drug-likeness (QED) is 0.575. The van der Waals surface area contributed by atoms with Gasteiger partial charge in [-0.05, 0) is 49.4 Å². The molecule has 0 aliphatic rings. The van der Waals surface area contributed by atoms with Crippen LogP contribution in [0.15, 0.2) is 58.7 Å². The van der Waals surface area contributed by atoms with E-state index in [2.05, 4.69) is 21.2 Å². The van der Waals surface area contributed by atoms with E-state index in [0.717, 1.165) is 4.47 Å². The van der Waals surface area contributed by atoms with Gasteiger partial charge in [0.2, 0.25) is 0 Å². The number of hydrogen-bond donors (Lipinski definition) is 1. The van der Waals surface area contributed by atoms with Crippen LogP contribution in [0.4, 0.5) is 10.1 Å². The number of carbonyl (C=O) groups is 1. The van der Waals surface area contributed by atoms with E-state index in [1.807, 2.05) is 12.1 Å². The van der Waals surface area contributed by atoms with Gasteiger partial charge in [0.25, 0.3) is 0 Å². The maximum atomic E-state index is 13.1. The zero-order valence-electron chi connectivity index (χ0n) is 11.2. The van der Waals surface area contributed by atoms with Crippen LogP contribution < -0.4 is 5.32 Å². The summed E-state index contributed by atoms with van der Waals surface area (Å²) in [5.41, 5.74) is 1.86. The van der Waals surface area contributed by atoms with Crippen LogP contribution in [0, 0.1) is 5.82 Å². The summed E-state index contributed by atoms with van der Waals surface area (Å²) in [6.45, 7) is 1.76. The van der Waals surface area contributed by atoms with Crippen molar-refractivity contribution in [2.75, 3.05) is 5.32 Å². The molecule has 2 rings (SSSR count). The van der Waals surface area contributed by atoms with Crippen LogP contribution >= 0.6 is 27.5 Å². The van der Waals surface area contributed by atoms with Gasteiger partial charge in [0, 0.05) is 27.5 Å². The number of nitrogens with one attached hydrogen (secondary N) is 1. The average Bonchev–Trinajstić information content (AvgIpc) is 2.43. The fraction of sp³-hybridized carbons (Fsp3) is 0.0625. The first-order valence-electron chi connectivity index (χ1n) is 6.16. The van der Waals surface area contributed by atoms with Crippen molar-refractivity contribution in [2.45, 2.75) is 6.92 Å². The molecule has 0 spiro atoms. The third kappa shape index (κ3) is 4.41. The highest BCUT2D eigenvalue weighted by Gasteiger charge is 2.04. The Hall–Kier alpha value is -1.65. The van der Waals surface area contributed by atoms with Crippen LogP contribution in [-0.2, 0) is 0 Å². The van der Waals surface area contributed by atoms with Gasteiger partial charge in [0.1, 0.15) is 5.82 Å². The molecular weight excluding hydrogens is 357 g/mol. The first kappa shape index (κ1) is 15.7. The molecule has 0 saturated carbocycles. The Bertz CT molecular complexity index is 698. The molecule has 1 N–H and O–H groups in total. The van der Waals surface area contributed by atoms with Gasteiger partial charge in [-0.2, -0.15) is 0 Å². The van der Waals surface area contributed by atoms with Gasteiger partial charge in [-0.25, -0.2) is 4.39 Å². The molecule has 21 heavy (non-hydrogen) atoms. The number of ketones is 1. The monoisotopic (exact) mass is 367 g/mol. The predicted octanol–water partition coefficient (Wildman–Crippen LogP) is 5.44. The fourth-order valence-electron chi connectivity index (χ4n) is 1.73. The maximum absolute atomic E-state index is 13.1. The van der Waals surface area contributed by atoms with Gasteiger partial charge < -0.3 is 5.32 Å². The van der Waals surface area contributed by atoms with Crippen molar-refractivity contribution >= 4 is 39.0 Å². The highest BCUT2D eigenvalue weighted by Crippen LogP contribution is 2.20. The van der Waals surface area contributed by atoms with Crippen molar-refractivity contribution < 1.29 is 9.18 Å². The van der Waals surface area contributed by atoms with E-state index in [9.17, 15) is 9.18 Å². The fourth-order valence-corrected chi connectivity index (χ4v) is 2.18. The second kappa shape index (κ2) is 6.87. The van der Waals surface area contributed by atoms with Crippen molar-refractivity contribution in [1.82, 2.24) is 0 Å². The van der Waals surface area contributed by atoms with Crippen LogP contribution in [0.25, 0.3) is 0 Å². The average molecular weight is 369 g/mol. The summed E-state index contributed by atoms with van der Waals surface area (Å²) in [7, 11) is 0. The van der Waals surface area contributed by atoms with Gasteiger partial charge in [-0.1, -0.05) is 27.5 Å². The van der Waals surface area contributed by atoms with Crippen molar-refractivity contribution in [2.24, 2.45) is 0 Å². The van der Waals surface area contributed by atoms with Crippen LogP contribution in [0.2, 0.25) is 5.02 Å². The normalized spacial score (nSPS) is 11.3. The highest BCUT2D eigenvalue weighted by molar-refractivity contribution is 9.10. The molecule has 0 aromatic heterocycles. The first-order chi connectivity index (χ1) is 9.95. The van der Waals surface area contributed by atoms with E-state index in [1.165, 1.54) is 18.2 Å². The first-order valence-corrected chi connectivity index (χ1v) is 7.33. The summed E-state index contributed by atoms with van der Waals surface area (Å²) in [6.07, 6.45) is 1.49. The number of anilines is 1. The molecule has 2 nitrogen and oxygen atoms in total. The number of halogens is 3. The zero-order chi connectivity index (χ0) is 15.4. The lowest BCUT2D eigenvalue weighted by Gasteiger charge is -2.07. The number of benzene rings is 2. The van der Waals surface area contributed by atoms with E-state index in [4.69, 9.17) is 11.6 Å². The van der Waals surface area contributed by atoms with Crippen LogP contribution in [0.3, 0.4) is 0 Å². The van der Waals surface area contributed by atoms with Crippen molar-refractivity contribution in [3.05, 3.63) is 75.1 Å². The molecule has 0 saturated heterocycles. The molecular formula is C16H12BrClFNO. The zero-order valence-corrected chi connectivity index (χ0v) is 13.5. The lowest BCUT2D eigenvalue weighted by Crippen LogP contribution is -2.01. The lowest BCUT2D eigenvalue weighted by molar-refractivity contribution is 0.104. The molecule has 0 heterocycles. The summed E-state index contributed by atoms with van der Waals surface area (Å²) in [4.78, 5) is 12.1. The Labute approximate surface area is 135 Å². The lowest BCUT2D eigenvalue weighted by atomic mass is 10.1.